The van der Waals surface area contributed by atoms with E-state index in [1.54, 1.807) is 6.07 Å². The number of hydrogen-bond acceptors (Lipinski definition) is 5. The lowest BCUT2D eigenvalue weighted by Crippen LogP contribution is -2.43. The molecule has 2 aromatic rings. The van der Waals surface area contributed by atoms with Crippen LogP contribution in [0.4, 0.5) is 23.7 Å². The number of amides is 3. The van der Waals surface area contributed by atoms with Crippen molar-refractivity contribution in [2.45, 2.75) is 36.3 Å². The molecular weight excluding hydrogens is 447 g/mol. The Balaban J connectivity index is 1.95. The standard InChI is InChI=1S/C18H15ClF3N3O4S/c1-17(2)15(26)25(16(27)24(17)10-11-7-8-23-9-14(11)19)12-3-5-13(6-4-12)30(28,29)18(20,21)22/h3-9H,10H2,1-2H3. The fourth-order valence-electron chi connectivity index (χ4n) is 2.94. The Bertz CT molecular complexity index is 1120. The molecule has 3 amide bonds. The minimum absolute atomic E-state index is 0.00400. The van der Waals surface area contributed by atoms with Crippen molar-refractivity contribution >= 4 is 39.1 Å². The third-order valence-corrected chi connectivity index (χ3v) is 6.56. The number of aromatic nitrogens is 1. The molecule has 1 saturated heterocycles. The van der Waals surface area contributed by atoms with Gasteiger partial charge in [-0.3, -0.25) is 9.78 Å². The van der Waals surface area contributed by atoms with E-state index < -0.39 is 37.7 Å². The van der Waals surface area contributed by atoms with Crippen LogP contribution in [0.15, 0.2) is 47.6 Å². The minimum atomic E-state index is -5.54. The largest absolute Gasteiger partial charge is 0.501 e. The highest BCUT2D eigenvalue weighted by Crippen LogP contribution is 2.36. The van der Waals surface area contributed by atoms with Crippen molar-refractivity contribution in [3.05, 3.63) is 53.3 Å². The summed E-state index contributed by atoms with van der Waals surface area (Å²) in [6, 6.07) is 4.24. The van der Waals surface area contributed by atoms with Crippen LogP contribution in [0, 0.1) is 0 Å². The van der Waals surface area contributed by atoms with Gasteiger partial charge in [-0.15, -0.1) is 0 Å². The Kier molecular flexibility index (Phi) is 5.32. The topological polar surface area (TPSA) is 87.7 Å². The van der Waals surface area contributed by atoms with E-state index in [0.29, 0.717) is 22.7 Å². The van der Waals surface area contributed by atoms with Crippen LogP contribution in [0.25, 0.3) is 0 Å². The van der Waals surface area contributed by atoms with Gasteiger partial charge < -0.3 is 4.90 Å². The van der Waals surface area contributed by atoms with Gasteiger partial charge in [0.25, 0.3) is 15.7 Å². The number of urea groups is 1. The van der Waals surface area contributed by atoms with Crippen LogP contribution in [0.5, 0.6) is 0 Å². The van der Waals surface area contributed by atoms with E-state index >= 15 is 0 Å². The Labute approximate surface area is 175 Å². The van der Waals surface area contributed by atoms with Crippen molar-refractivity contribution in [1.29, 1.82) is 0 Å². The smallest absolute Gasteiger partial charge is 0.305 e. The first-order chi connectivity index (χ1) is 13.8. The summed E-state index contributed by atoms with van der Waals surface area (Å²) < 4.78 is 61.1. The molecule has 0 saturated carbocycles. The number of halogens is 4. The lowest BCUT2D eigenvalue weighted by molar-refractivity contribution is -0.123. The van der Waals surface area contributed by atoms with E-state index in [1.165, 1.54) is 31.1 Å². The molecule has 1 aliphatic heterocycles. The highest BCUT2D eigenvalue weighted by atomic mass is 35.5. The number of sulfone groups is 1. The molecule has 1 aromatic heterocycles. The lowest BCUT2D eigenvalue weighted by Gasteiger charge is -2.27. The average Bonchev–Trinajstić information content (AvgIpc) is 2.82. The first-order valence-electron chi connectivity index (χ1n) is 8.44. The van der Waals surface area contributed by atoms with Crippen LogP contribution in [-0.2, 0) is 21.2 Å². The van der Waals surface area contributed by atoms with Gasteiger partial charge in [-0.2, -0.15) is 13.2 Å². The van der Waals surface area contributed by atoms with E-state index in [2.05, 4.69) is 4.98 Å². The normalized spacial score (nSPS) is 17.0. The molecule has 2 heterocycles. The molecule has 30 heavy (non-hydrogen) atoms. The first kappa shape index (κ1) is 22.0. The Morgan fingerprint density at radius 1 is 1.10 bits per heavy atom. The van der Waals surface area contributed by atoms with Crippen LogP contribution >= 0.6 is 11.6 Å². The molecule has 0 N–H and O–H groups in total. The van der Waals surface area contributed by atoms with Crippen molar-refractivity contribution in [1.82, 2.24) is 9.88 Å². The average molecular weight is 462 g/mol. The van der Waals surface area contributed by atoms with Gasteiger partial charge in [0.05, 0.1) is 22.2 Å². The fraction of sp³-hybridized carbons (Fsp3) is 0.278. The summed E-state index contributed by atoms with van der Waals surface area (Å²) in [6.07, 6.45) is 2.87. The molecule has 7 nitrogen and oxygen atoms in total. The molecule has 1 fully saturated rings. The molecule has 0 atom stereocenters. The highest BCUT2D eigenvalue weighted by Gasteiger charge is 2.52. The number of carbonyl (C=O) groups excluding carboxylic acids is 2. The van der Waals surface area contributed by atoms with Gasteiger partial charge in [-0.05, 0) is 49.7 Å². The number of rotatable bonds is 4. The molecule has 0 aliphatic carbocycles. The third kappa shape index (κ3) is 3.52. The number of pyridine rings is 1. The SMILES string of the molecule is CC1(C)C(=O)N(c2ccc(S(=O)(=O)C(F)(F)F)cc2)C(=O)N1Cc1ccncc1Cl. The molecule has 1 aliphatic rings. The number of alkyl halides is 3. The number of carbonyl (C=O) groups is 2. The van der Waals surface area contributed by atoms with Crippen LogP contribution in [0.2, 0.25) is 5.02 Å². The molecule has 160 valence electrons. The van der Waals surface area contributed by atoms with Crippen molar-refractivity contribution in [2.75, 3.05) is 4.90 Å². The monoisotopic (exact) mass is 461 g/mol. The summed E-state index contributed by atoms with van der Waals surface area (Å²) in [5.74, 6) is -0.621. The highest BCUT2D eigenvalue weighted by molar-refractivity contribution is 7.92. The first-order valence-corrected chi connectivity index (χ1v) is 10.3. The predicted octanol–water partition coefficient (Wildman–Crippen LogP) is 3.78. The van der Waals surface area contributed by atoms with Gasteiger partial charge in [-0.25, -0.2) is 18.1 Å². The third-order valence-electron chi connectivity index (χ3n) is 4.72. The zero-order valence-corrected chi connectivity index (χ0v) is 17.2. The van der Waals surface area contributed by atoms with E-state index in [9.17, 15) is 31.2 Å². The van der Waals surface area contributed by atoms with Crippen molar-refractivity contribution in [2.24, 2.45) is 0 Å². The van der Waals surface area contributed by atoms with Gasteiger partial charge in [0.2, 0.25) is 0 Å². The maximum absolute atomic E-state index is 13.0. The molecule has 12 heteroatoms. The maximum atomic E-state index is 13.0. The Morgan fingerprint density at radius 2 is 1.70 bits per heavy atom. The van der Waals surface area contributed by atoms with Crippen LogP contribution < -0.4 is 4.90 Å². The van der Waals surface area contributed by atoms with Crippen molar-refractivity contribution in [3.8, 4) is 0 Å². The van der Waals surface area contributed by atoms with Crippen molar-refractivity contribution in [3.63, 3.8) is 0 Å². The fourth-order valence-corrected chi connectivity index (χ4v) is 3.88. The van der Waals surface area contributed by atoms with Gasteiger partial charge in [0.15, 0.2) is 0 Å². The van der Waals surface area contributed by atoms with Gasteiger partial charge in [-0.1, -0.05) is 11.6 Å². The maximum Gasteiger partial charge on any atom is 0.501 e. The van der Waals surface area contributed by atoms with Crippen LogP contribution in [-0.4, -0.2) is 41.3 Å². The lowest BCUT2D eigenvalue weighted by atomic mass is 10.0. The van der Waals surface area contributed by atoms with Crippen LogP contribution in [0.1, 0.15) is 19.4 Å². The van der Waals surface area contributed by atoms with Gasteiger partial charge >= 0.3 is 11.5 Å². The van der Waals surface area contributed by atoms with E-state index in [0.717, 1.165) is 17.0 Å². The summed E-state index contributed by atoms with van der Waals surface area (Å²) in [7, 11) is -5.54. The Morgan fingerprint density at radius 3 is 2.23 bits per heavy atom. The summed E-state index contributed by atoms with van der Waals surface area (Å²) in [6.45, 7) is 3.03. The summed E-state index contributed by atoms with van der Waals surface area (Å²) in [4.78, 5) is 30.8. The second-order valence-corrected chi connectivity index (χ2v) is 9.33. The number of hydrogen-bond donors (Lipinski definition) is 0. The molecule has 0 unspecified atom stereocenters. The summed E-state index contributed by atoms with van der Waals surface area (Å²) >= 11 is 6.08. The van der Waals surface area contributed by atoms with E-state index in [4.69, 9.17) is 11.6 Å². The second kappa shape index (κ2) is 7.24. The molecule has 0 spiro atoms. The zero-order chi connectivity index (χ0) is 22.5. The van der Waals surface area contributed by atoms with Gasteiger partial charge in [0, 0.05) is 12.4 Å². The number of nitrogens with zero attached hydrogens (tertiary/aromatic N) is 3. The van der Waals surface area contributed by atoms with Gasteiger partial charge in [0.1, 0.15) is 5.54 Å². The molecule has 0 bridgehead atoms. The minimum Gasteiger partial charge on any atom is -0.305 e. The number of anilines is 1. The van der Waals surface area contributed by atoms with Crippen LogP contribution in [0.3, 0.4) is 0 Å². The summed E-state index contributed by atoms with van der Waals surface area (Å²) in [5, 5.41) is 0.300. The zero-order valence-electron chi connectivity index (χ0n) is 15.6. The predicted molar refractivity (Wildman–Crippen MR) is 101 cm³/mol. The van der Waals surface area contributed by atoms with E-state index in [-0.39, 0.29) is 12.2 Å². The molecule has 3 rings (SSSR count). The quantitative estimate of drug-likeness (QED) is 0.647. The van der Waals surface area contributed by atoms with E-state index in [1.807, 2.05) is 0 Å². The molecule has 0 radical (unpaired) electrons. The number of imide groups is 1. The Hall–Kier alpha value is -2.66. The molecular formula is C18H15ClF3N3O4S. The molecule has 1 aromatic carbocycles. The summed E-state index contributed by atoms with van der Waals surface area (Å²) in [5.41, 5.74) is -6.24. The number of benzene rings is 1. The second-order valence-electron chi connectivity index (χ2n) is 6.98. The van der Waals surface area contributed by atoms with Crippen molar-refractivity contribution < 1.29 is 31.2 Å².